The Hall–Kier alpha value is -1.55. The molecule has 122 valence electrons. The number of para-hydroxylation sites is 1. The minimum Gasteiger partial charge on any atom is -0.325 e. The Labute approximate surface area is 147 Å². The molecule has 0 aliphatic rings. The maximum absolute atomic E-state index is 12.2. The van der Waals surface area contributed by atoms with Crippen molar-refractivity contribution in [3.63, 3.8) is 0 Å². The van der Waals surface area contributed by atoms with Crippen LogP contribution in [0.15, 0.2) is 42.5 Å². The van der Waals surface area contributed by atoms with Crippen LogP contribution in [-0.4, -0.2) is 24.4 Å². The molecular formula is C18H20Cl2N2O. The molecule has 23 heavy (non-hydrogen) atoms. The van der Waals surface area contributed by atoms with Crippen molar-refractivity contribution in [2.45, 2.75) is 19.9 Å². The minimum absolute atomic E-state index is 0.0431. The number of rotatable bonds is 6. The third-order valence-corrected chi connectivity index (χ3v) is 4.13. The monoisotopic (exact) mass is 350 g/mol. The first-order valence-corrected chi connectivity index (χ1v) is 8.25. The molecule has 0 aliphatic carbocycles. The summed E-state index contributed by atoms with van der Waals surface area (Å²) in [5.74, 6) is -0.0431. The lowest BCUT2D eigenvalue weighted by Crippen LogP contribution is -2.30. The number of anilines is 1. The van der Waals surface area contributed by atoms with Crippen LogP contribution in [0, 0.1) is 0 Å². The highest BCUT2D eigenvalue weighted by molar-refractivity contribution is 6.35. The van der Waals surface area contributed by atoms with Gasteiger partial charge in [-0.15, -0.1) is 0 Å². The molecule has 0 aliphatic heterocycles. The Kier molecular flexibility index (Phi) is 6.46. The number of halogens is 2. The van der Waals surface area contributed by atoms with Crippen molar-refractivity contribution in [1.82, 2.24) is 4.90 Å². The van der Waals surface area contributed by atoms with Gasteiger partial charge in [0.25, 0.3) is 0 Å². The predicted molar refractivity (Wildman–Crippen MR) is 97.2 cm³/mol. The molecule has 0 spiro atoms. The zero-order chi connectivity index (χ0) is 16.8. The molecule has 1 amide bonds. The van der Waals surface area contributed by atoms with Crippen LogP contribution in [0.3, 0.4) is 0 Å². The van der Waals surface area contributed by atoms with Crippen LogP contribution >= 0.6 is 23.2 Å². The zero-order valence-corrected chi connectivity index (χ0v) is 14.8. The van der Waals surface area contributed by atoms with Crippen molar-refractivity contribution in [2.75, 3.05) is 18.9 Å². The normalized spacial score (nSPS) is 10.8. The van der Waals surface area contributed by atoms with E-state index in [-0.39, 0.29) is 12.5 Å². The van der Waals surface area contributed by atoms with Gasteiger partial charge < -0.3 is 5.32 Å². The van der Waals surface area contributed by atoms with E-state index in [9.17, 15) is 4.79 Å². The van der Waals surface area contributed by atoms with Gasteiger partial charge in [0, 0.05) is 22.3 Å². The average Bonchev–Trinajstić information content (AvgIpc) is 2.50. The van der Waals surface area contributed by atoms with Crippen LogP contribution in [0.2, 0.25) is 10.0 Å². The Morgan fingerprint density at radius 2 is 1.87 bits per heavy atom. The van der Waals surface area contributed by atoms with Crippen molar-refractivity contribution in [2.24, 2.45) is 0 Å². The molecule has 0 aromatic heterocycles. The van der Waals surface area contributed by atoms with Gasteiger partial charge in [-0.25, -0.2) is 0 Å². The molecular weight excluding hydrogens is 331 g/mol. The summed E-state index contributed by atoms with van der Waals surface area (Å²) in [5.41, 5.74) is 2.95. The molecule has 3 nitrogen and oxygen atoms in total. The number of carbonyl (C=O) groups excluding carboxylic acids is 1. The van der Waals surface area contributed by atoms with Gasteiger partial charge in [0.1, 0.15) is 0 Å². The first kappa shape index (κ1) is 17.8. The van der Waals surface area contributed by atoms with Gasteiger partial charge in [-0.05, 0) is 42.8 Å². The predicted octanol–water partition coefficient (Wildman–Crippen LogP) is 4.63. The summed E-state index contributed by atoms with van der Waals surface area (Å²) in [4.78, 5) is 14.1. The van der Waals surface area contributed by atoms with Crippen LogP contribution in [0.25, 0.3) is 0 Å². The summed E-state index contributed by atoms with van der Waals surface area (Å²) in [6, 6.07) is 13.2. The molecule has 0 radical (unpaired) electrons. The maximum Gasteiger partial charge on any atom is 0.238 e. The summed E-state index contributed by atoms with van der Waals surface area (Å²) in [5, 5.41) is 4.19. The van der Waals surface area contributed by atoms with E-state index in [1.54, 1.807) is 12.1 Å². The lowest BCUT2D eigenvalue weighted by atomic mass is 10.1. The molecule has 1 N–H and O–H groups in total. The second-order valence-electron chi connectivity index (χ2n) is 5.47. The molecule has 0 bridgehead atoms. The zero-order valence-electron chi connectivity index (χ0n) is 13.3. The third kappa shape index (κ3) is 5.24. The lowest BCUT2D eigenvalue weighted by molar-refractivity contribution is -0.117. The number of nitrogens with zero attached hydrogens (tertiary/aromatic N) is 1. The van der Waals surface area contributed by atoms with Crippen LogP contribution in [-0.2, 0) is 17.8 Å². The Morgan fingerprint density at radius 1 is 1.13 bits per heavy atom. The molecule has 0 atom stereocenters. The number of likely N-dealkylation sites (N-methyl/N-ethyl adjacent to an activating group) is 1. The van der Waals surface area contributed by atoms with E-state index in [1.165, 1.54) is 0 Å². The molecule has 0 saturated heterocycles. The van der Waals surface area contributed by atoms with E-state index in [1.807, 2.05) is 42.3 Å². The SMILES string of the molecule is CCc1ccccc1NC(=O)CN(C)Cc1ccc(Cl)cc1Cl. The summed E-state index contributed by atoms with van der Waals surface area (Å²) in [6.45, 7) is 2.94. The number of hydrogen-bond donors (Lipinski definition) is 1. The van der Waals surface area contributed by atoms with Crippen LogP contribution in [0.5, 0.6) is 0 Å². The topological polar surface area (TPSA) is 32.3 Å². The smallest absolute Gasteiger partial charge is 0.238 e. The second kappa shape index (κ2) is 8.34. The van der Waals surface area contributed by atoms with Crippen molar-refractivity contribution >= 4 is 34.8 Å². The number of benzene rings is 2. The van der Waals surface area contributed by atoms with E-state index in [0.717, 1.165) is 23.2 Å². The van der Waals surface area contributed by atoms with Gasteiger partial charge in [0.15, 0.2) is 0 Å². The average molecular weight is 351 g/mol. The van der Waals surface area contributed by atoms with Crippen molar-refractivity contribution < 1.29 is 4.79 Å². The van der Waals surface area contributed by atoms with Gasteiger partial charge in [0.05, 0.1) is 6.54 Å². The number of nitrogens with one attached hydrogen (secondary N) is 1. The quantitative estimate of drug-likeness (QED) is 0.823. The number of aryl methyl sites for hydroxylation is 1. The lowest BCUT2D eigenvalue weighted by Gasteiger charge is -2.18. The molecule has 2 rings (SSSR count). The summed E-state index contributed by atoms with van der Waals surface area (Å²) < 4.78 is 0. The maximum atomic E-state index is 12.2. The van der Waals surface area contributed by atoms with Crippen molar-refractivity contribution in [1.29, 1.82) is 0 Å². The number of hydrogen-bond acceptors (Lipinski definition) is 2. The minimum atomic E-state index is -0.0431. The van der Waals surface area contributed by atoms with E-state index in [0.29, 0.717) is 16.6 Å². The molecule has 0 heterocycles. The third-order valence-electron chi connectivity index (χ3n) is 3.54. The number of carbonyl (C=O) groups is 1. The van der Waals surface area contributed by atoms with E-state index in [2.05, 4.69) is 12.2 Å². The fourth-order valence-electron chi connectivity index (χ4n) is 2.38. The first-order valence-electron chi connectivity index (χ1n) is 7.49. The summed E-state index contributed by atoms with van der Waals surface area (Å²) >= 11 is 12.1. The fraction of sp³-hybridized carbons (Fsp3) is 0.278. The standard InChI is InChI=1S/C18H20Cl2N2O/c1-3-13-6-4-5-7-17(13)21-18(23)12-22(2)11-14-8-9-15(19)10-16(14)20/h4-10H,3,11-12H2,1-2H3,(H,21,23). The van der Waals surface area contributed by atoms with Crippen LogP contribution < -0.4 is 5.32 Å². The molecule has 0 saturated carbocycles. The van der Waals surface area contributed by atoms with E-state index in [4.69, 9.17) is 23.2 Å². The van der Waals surface area contributed by atoms with Gasteiger partial charge >= 0.3 is 0 Å². The van der Waals surface area contributed by atoms with Crippen molar-refractivity contribution in [3.8, 4) is 0 Å². The first-order chi connectivity index (χ1) is 11.0. The largest absolute Gasteiger partial charge is 0.325 e. The van der Waals surface area contributed by atoms with E-state index >= 15 is 0 Å². The molecule has 0 unspecified atom stereocenters. The van der Waals surface area contributed by atoms with E-state index < -0.39 is 0 Å². The highest BCUT2D eigenvalue weighted by atomic mass is 35.5. The number of amides is 1. The molecule has 2 aromatic carbocycles. The molecule has 2 aromatic rings. The Morgan fingerprint density at radius 3 is 2.57 bits per heavy atom. The second-order valence-corrected chi connectivity index (χ2v) is 6.31. The molecule has 0 fully saturated rings. The highest BCUT2D eigenvalue weighted by Crippen LogP contribution is 2.22. The molecule has 5 heteroatoms. The highest BCUT2D eigenvalue weighted by Gasteiger charge is 2.11. The van der Waals surface area contributed by atoms with Crippen LogP contribution in [0.4, 0.5) is 5.69 Å². The summed E-state index contributed by atoms with van der Waals surface area (Å²) in [6.07, 6.45) is 0.882. The van der Waals surface area contributed by atoms with Gasteiger partial charge in [0.2, 0.25) is 5.91 Å². The van der Waals surface area contributed by atoms with Gasteiger partial charge in [-0.1, -0.05) is 54.4 Å². The van der Waals surface area contributed by atoms with Gasteiger partial charge in [-0.2, -0.15) is 0 Å². The van der Waals surface area contributed by atoms with Crippen molar-refractivity contribution in [3.05, 3.63) is 63.6 Å². The Balaban J connectivity index is 1.94. The fourth-order valence-corrected chi connectivity index (χ4v) is 2.85. The van der Waals surface area contributed by atoms with Gasteiger partial charge in [-0.3, -0.25) is 9.69 Å². The summed E-state index contributed by atoms with van der Waals surface area (Å²) in [7, 11) is 1.89. The van der Waals surface area contributed by atoms with Crippen LogP contribution in [0.1, 0.15) is 18.1 Å². The Bertz CT molecular complexity index is 688.